The first kappa shape index (κ1) is 16.5. The third kappa shape index (κ3) is 3.71. The van der Waals surface area contributed by atoms with E-state index in [-0.39, 0.29) is 30.3 Å². The second-order valence-corrected chi connectivity index (χ2v) is 5.79. The minimum Gasteiger partial charge on any atom is -0.495 e. The van der Waals surface area contributed by atoms with E-state index in [4.69, 9.17) is 9.47 Å². The molecule has 6 nitrogen and oxygen atoms in total. The zero-order valence-corrected chi connectivity index (χ0v) is 12.6. The van der Waals surface area contributed by atoms with Gasteiger partial charge in [-0.3, -0.25) is 4.79 Å². The van der Waals surface area contributed by atoms with Crippen molar-refractivity contribution in [2.45, 2.75) is 18.7 Å². The molecule has 0 radical (unpaired) electrons. The topological polar surface area (TPSA) is 72.9 Å². The second-order valence-electron chi connectivity index (χ2n) is 3.89. The molecule has 0 bridgehead atoms. The summed E-state index contributed by atoms with van der Waals surface area (Å²) in [5.41, 5.74) is 0. The number of ether oxygens (including phenoxy) is 2. The van der Waals surface area contributed by atoms with Gasteiger partial charge in [-0.1, -0.05) is 19.1 Å². The Labute approximate surface area is 119 Å². The highest BCUT2D eigenvalue weighted by Crippen LogP contribution is 2.25. The molecule has 0 unspecified atom stereocenters. The number of esters is 1. The Hall–Kier alpha value is -1.60. The summed E-state index contributed by atoms with van der Waals surface area (Å²) in [5.74, 6) is -0.331. The fourth-order valence-corrected chi connectivity index (χ4v) is 3.24. The molecule has 0 N–H and O–H groups in total. The highest BCUT2D eigenvalue weighted by molar-refractivity contribution is 7.89. The molecule has 0 heterocycles. The van der Waals surface area contributed by atoms with Crippen molar-refractivity contribution in [2.24, 2.45) is 0 Å². The molecular weight excluding hydrogens is 282 g/mol. The summed E-state index contributed by atoms with van der Waals surface area (Å²) in [6, 6.07) is 6.29. The quantitative estimate of drug-likeness (QED) is 0.709. The van der Waals surface area contributed by atoms with Crippen LogP contribution < -0.4 is 4.74 Å². The molecule has 0 aromatic heterocycles. The molecular formula is C13H19NO5S. The van der Waals surface area contributed by atoms with Gasteiger partial charge >= 0.3 is 5.97 Å². The number of nitrogens with zero attached hydrogens (tertiary/aromatic N) is 1. The number of methoxy groups -OCH3 is 1. The van der Waals surface area contributed by atoms with E-state index in [0.717, 1.165) is 4.31 Å². The number of benzene rings is 1. The summed E-state index contributed by atoms with van der Waals surface area (Å²) < 4.78 is 35.9. The highest BCUT2D eigenvalue weighted by atomic mass is 32.2. The Morgan fingerprint density at radius 3 is 2.45 bits per heavy atom. The van der Waals surface area contributed by atoms with E-state index in [9.17, 15) is 13.2 Å². The molecule has 20 heavy (non-hydrogen) atoms. The molecule has 7 heteroatoms. The molecule has 0 aliphatic rings. The SMILES string of the molecule is CCOC(=O)CN(CC)S(=O)(=O)c1ccccc1OC. The third-order valence-electron chi connectivity index (χ3n) is 2.65. The van der Waals surface area contributed by atoms with Crippen molar-refractivity contribution in [3.05, 3.63) is 24.3 Å². The van der Waals surface area contributed by atoms with Crippen LogP contribution in [-0.2, 0) is 19.6 Å². The third-order valence-corrected chi connectivity index (χ3v) is 4.61. The average molecular weight is 301 g/mol. The van der Waals surface area contributed by atoms with Gasteiger partial charge < -0.3 is 9.47 Å². The van der Waals surface area contributed by atoms with Crippen LogP contribution in [0, 0.1) is 0 Å². The molecule has 0 aliphatic heterocycles. The fourth-order valence-electron chi connectivity index (χ4n) is 1.69. The number of hydrogen-bond acceptors (Lipinski definition) is 5. The van der Waals surface area contributed by atoms with Crippen molar-refractivity contribution in [1.29, 1.82) is 0 Å². The smallest absolute Gasteiger partial charge is 0.321 e. The van der Waals surface area contributed by atoms with Crippen molar-refractivity contribution in [2.75, 3.05) is 26.8 Å². The van der Waals surface area contributed by atoms with E-state index in [1.54, 1.807) is 32.0 Å². The Kier molecular flexibility index (Phi) is 5.97. The first-order valence-corrected chi connectivity index (χ1v) is 7.70. The zero-order valence-electron chi connectivity index (χ0n) is 11.8. The number of carbonyl (C=O) groups excluding carboxylic acids is 1. The molecule has 112 valence electrons. The van der Waals surface area contributed by atoms with Crippen molar-refractivity contribution >= 4 is 16.0 Å². The zero-order chi connectivity index (χ0) is 15.2. The molecule has 0 saturated heterocycles. The summed E-state index contributed by atoms with van der Waals surface area (Å²) in [6.07, 6.45) is 0. The summed E-state index contributed by atoms with van der Waals surface area (Å²) >= 11 is 0. The van der Waals surface area contributed by atoms with Crippen LogP contribution in [0.2, 0.25) is 0 Å². The Morgan fingerprint density at radius 1 is 1.25 bits per heavy atom. The van der Waals surface area contributed by atoms with E-state index in [1.165, 1.54) is 13.2 Å². The van der Waals surface area contributed by atoms with Gasteiger partial charge in [-0.15, -0.1) is 0 Å². The van der Waals surface area contributed by atoms with Gasteiger partial charge in [-0.05, 0) is 19.1 Å². The molecule has 1 aromatic rings. The van der Waals surface area contributed by atoms with Crippen LogP contribution in [0.1, 0.15) is 13.8 Å². The normalized spacial score (nSPS) is 11.4. The number of sulfonamides is 1. The lowest BCUT2D eigenvalue weighted by Gasteiger charge is -2.20. The largest absolute Gasteiger partial charge is 0.495 e. The van der Waals surface area contributed by atoms with E-state index < -0.39 is 16.0 Å². The van der Waals surface area contributed by atoms with Crippen LogP contribution >= 0.6 is 0 Å². The van der Waals surface area contributed by atoms with Gasteiger partial charge in [0.15, 0.2) is 0 Å². The molecule has 0 saturated carbocycles. The number of hydrogen-bond donors (Lipinski definition) is 0. The van der Waals surface area contributed by atoms with Crippen LogP contribution in [0.3, 0.4) is 0 Å². The predicted molar refractivity (Wildman–Crippen MR) is 74.1 cm³/mol. The summed E-state index contributed by atoms with van der Waals surface area (Å²) in [6.45, 7) is 3.39. The summed E-state index contributed by atoms with van der Waals surface area (Å²) in [4.78, 5) is 11.5. The van der Waals surface area contributed by atoms with Crippen LogP contribution in [0.5, 0.6) is 5.75 Å². The van der Waals surface area contributed by atoms with E-state index >= 15 is 0 Å². The maximum absolute atomic E-state index is 12.5. The van der Waals surface area contributed by atoms with Crippen LogP contribution in [0.25, 0.3) is 0 Å². The number of rotatable bonds is 7. The standard InChI is InChI=1S/C13H19NO5S/c1-4-14(10-13(15)19-5-2)20(16,17)12-9-7-6-8-11(12)18-3/h6-9H,4-5,10H2,1-3H3. The van der Waals surface area contributed by atoms with Crippen LogP contribution in [-0.4, -0.2) is 45.5 Å². The molecule has 1 rings (SSSR count). The lowest BCUT2D eigenvalue weighted by atomic mass is 10.3. The van der Waals surface area contributed by atoms with Gasteiger partial charge in [0.05, 0.1) is 13.7 Å². The molecule has 0 atom stereocenters. The highest BCUT2D eigenvalue weighted by Gasteiger charge is 2.28. The van der Waals surface area contributed by atoms with Crippen LogP contribution in [0.4, 0.5) is 0 Å². The number of likely N-dealkylation sites (N-methyl/N-ethyl adjacent to an activating group) is 1. The second kappa shape index (κ2) is 7.25. The van der Waals surface area contributed by atoms with Gasteiger partial charge in [0.2, 0.25) is 10.0 Å². The lowest BCUT2D eigenvalue weighted by Crippen LogP contribution is -2.36. The van der Waals surface area contributed by atoms with Gasteiger partial charge in [-0.25, -0.2) is 8.42 Å². The predicted octanol–water partition coefficient (Wildman–Crippen LogP) is 1.27. The van der Waals surface area contributed by atoms with Gasteiger partial charge in [0.25, 0.3) is 0 Å². The van der Waals surface area contributed by atoms with Gasteiger partial charge in [-0.2, -0.15) is 4.31 Å². The maximum atomic E-state index is 12.5. The van der Waals surface area contributed by atoms with Crippen molar-refractivity contribution in [3.8, 4) is 5.75 Å². The fraction of sp³-hybridized carbons (Fsp3) is 0.462. The molecule has 0 fully saturated rings. The Bertz CT molecular complexity index is 556. The summed E-state index contributed by atoms with van der Waals surface area (Å²) in [7, 11) is -2.40. The number of para-hydroxylation sites is 1. The Morgan fingerprint density at radius 2 is 1.90 bits per heavy atom. The van der Waals surface area contributed by atoms with E-state index in [0.29, 0.717) is 0 Å². The lowest BCUT2D eigenvalue weighted by molar-refractivity contribution is -0.143. The van der Waals surface area contributed by atoms with Crippen molar-refractivity contribution < 1.29 is 22.7 Å². The molecule has 1 aromatic carbocycles. The van der Waals surface area contributed by atoms with Crippen LogP contribution in [0.15, 0.2) is 29.2 Å². The van der Waals surface area contributed by atoms with E-state index in [2.05, 4.69) is 0 Å². The minimum absolute atomic E-state index is 0.0358. The monoisotopic (exact) mass is 301 g/mol. The van der Waals surface area contributed by atoms with E-state index in [1.807, 2.05) is 0 Å². The van der Waals surface area contributed by atoms with Crippen molar-refractivity contribution in [1.82, 2.24) is 4.31 Å². The first-order valence-electron chi connectivity index (χ1n) is 6.26. The molecule has 0 aliphatic carbocycles. The summed E-state index contributed by atoms with van der Waals surface area (Å²) in [5, 5.41) is 0. The average Bonchev–Trinajstić information content (AvgIpc) is 2.44. The number of carbonyl (C=O) groups is 1. The Balaban J connectivity index is 3.09. The van der Waals surface area contributed by atoms with Crippen molar-refractivity contribution in [3.63, 3.8) is 0 Å². The molecule has 0 amide bonds. The maximum Gasteiger partial charge on any atom is 0.321 e. The van der Waals surface area contributed by atoms with Gasteiger partial charge in [0, 0.05) is 6.54 Å². The minimum atomic E-state index is -3.80. The first-order chi connectivity index (χ1) is 9.47. The van der Waals surface area contributed by atoms with Gasteiger partial charge in [0.1, 0.15) is 17.2 Å². The molecule has 0 spiro atoms.